The van der Waals surface area contributed by atoms with Gasteiger partial charge in [-0.2, -0.15) is 0 Å². The molecule has 1 heterocycles. The zero-order valence-corrected chi connectivity index (χ0v) is 12.1. The standard InChI is InChI=1S/C16H20N2O2/c1-11-4-6-14(18-10-11)13(17)8-12-5-7-15(19-2)16(9-12)20-3/h4-7,9-10,13H,8,17H2,1-3H3/t13-/m0/s1. The van der Waals surface area contributed by atoms with Gasteiger partial charge in [-0.3, -0.25) is 4.98 Å². The molecule has 4 heteroatoms. The Labute approximate surface area is 119 Å². The fourth-order valence-corrected chi connectivity index (χ4v) is 2.06. The van der Waals surface area contributed by atoms with Crippen LogP contribution < -0.4 is 15.2 Å². The molecule has 2 aromatic rings. The normalized spacial score (nSPS) is 12.0. The molecule has 0 bridgehead atoms. The predicted molar refractivity (Wildman–Crippen MR) is 79.2 cm³/mol. The topological polar surface area (TPSA) is 57.4 Å². The Balaban J connectivity index is 2.15. The zero-order chi connectivity index (χ0) is 14.5. The SMILES string of the molecule is COc1ccc(C[C@H](N)c2ccc(C)cn2)cc1OC. The average molecular weight is 272 g/mol. The summed E-state index contributed by atoms with van der Waals surface area (Å²) in [6.07, 6.45) is 2.54. The molecule has 20 heavy (non-hydrogen) atoms. The molecule has 0 amide bonds. The molecule has 0 aliphatic heterocycles. The van der Waals surface area contributed by atoms with E-state index in [2.05, 4.69) is 4.98 Å². The van der Waals surface area contributed by atoms with Gasteiger partial charge in [-0.25, -0.2) is 0 Å². The van der Waals surface area contributed by atoms with Crippen molar-refractivity contribution in [3.05, 3.63) is 53.3 Å². The highest BCUT2D eigenvalue weighted by molar-refractivity contribution is 5.43. The Hall–Kier alpha value is -2.07. The van der Waals surface area contributed by atoms with Crippen LogP contribution in [0, 0.1) is 6.92 Å². The quantitative estimate of drug-likeness (QED) is 0.909. The van der Waals surface area contributed by atoms with Crippen LogP contribution in [0.5, 0.6) is 11.5 Å². The average Bonchev–Trinajstić information content (AvgIpc) is 2.47. The highest BCUT2D eigenvalue weighted by atomic mass is 16.5. The predicted octanol–water partition coefficient (Wildman–Crippen LogP) is 2.65. The van der Waals surface area contributed by atoms with Crippen molar-refractivity contribution in [3.63, 3.8) is 0 Å². The van der Waals surface area contributed by atoms with Gasteiger partial charge in [0.2, 0.25) is 0 Å². The van der Waals surface area contributed by atoms with Gasteiger partial charge in [-0.1, -0.05) is 12.1 Å². The van der Waals surface area contributed by atoms with Gasteiger partial charge in [0.15, 0.2) is 11.5 Å². The minimum absolute atomic E-state index is 0.131. The number of aromatic nitrogens is 1. The van der Waals surface area contributed by atoms with E-state index in [1.54, 1.807) is 14.2 Å². The van der Waals surface area contributed by atoms with Crippen molar-refractivity contribution < 1.29 is 9.47 Å². The second-order valence-corrected chi connectivity index (χ2v) is 4.76. The lowest BCUT2D eigenvalue weighted by Gasteiger charge is -2.13. The van der Waals surface area contributed by atoms with E-state index in [4.69, 9.17) is 15.2 Å². The van der Waals surface area contributed by atoms with Crippen LogP contribution in [0.2, 0.25) is 0 Å². The van der Waals surface area contributed by atoms with E-state index in [9.17, 15) is 0 Å². The maximum atomic E-state index is 6.20. The summed E-state index contributed by atoms with van der Waals surface area (Å²) in [6.45, 7) is 2.01. The fraction of sp³-hybridized carbons (Fsp3) is 0.312. The molecular weight excluding hydrogens is 252 g/mol. The summed E-state index contributed by atoms with van der Waals surface area (Å²) in [5.41, 5.74) is 9.32. The summed E-state index contributed by atoms with van der Waals surface area (Å²) in [6, 6.07) is 9.71. The van der Waals surface area contributed by atoms with Gasteiger partial charge in [0.25, 0.3) is 0 Å². The number of rotatable bonds is 5. The number of nitrogens with zero attached hydrogens (tertiary/aromatic N) is 1. The first kappa shape index (κ1) is 14.3. The summed E-state index contributed by atoms with van der Waals surface area (Å²) < 4.78 is 10.5. The number of nitrogens with two attached hydrogens (primary N) is 1. The number of hydrogen-bond donors (Lipinski definition) is 1. The van der Waals surface area contributed by atoms with Crippen molar-refractivity contribution in [1.82, 2.24) is 4.98 Å². The van der Waals surface area contributed by atoms with E-state index in [1.165, 1.54) is 0 Å². The third-order valence-corrected chi connectivity index (χ3v) is 3.22. The van der Waals surface area contributed by atoms with Crippen molar-refractivity contribution in [2.75, 3.05) is 14.2 Å². The van der Waals surface area contributed by atoms with Crippen LogP contribution in [0.25, 0.3) is 0 Å². The Bertz CT molecular complexity index is 567. The molecule has 1 aromatic heterocycles. The number of aryl methyl sites for hydroxylation is 1. The Morgan fingerprint density at radius 3 is 2.45 bits per heavy atom. The summed E-state index contributed by atoms with van der Waals surface area (Å²) in [4.78, 5) is 4.37. The summed E-state index contributed by atoms with van der Waals surface area (Å²) >= 11 is 0. The van der Waals surface area contributed by atoms with E-state index in [-0.39, 0.29) is 6.04 Å². The smallest absolute Gasteiger partial charge is 0.160 e. The number of hydrogen-bond acceptors (Lipinski definition) is 4. The van der Waals surface area contributed by atoms with Gasteiger partial charge in [0.05, 0.1) is 26.0 Å². The monoisotopic (exact) mass is 272 g/mol. The van der Waals surface area contributed by atoms with Gasteiger partial charge < -0.3 is 15.2 Å². The van der Waals surface area contributed by atoms with Crippen molar-refractivity contribution in [2.45, 2.75) is 19.4 Å². The Morgan fingerprint density at radius 2 is 1.85 bits per heavy atom. The number of methoxy groups -OCH3 is 2. The third kappa shape index (κ3) is 3.27. The lowest BCUT2D eigenvalue weighted by atomic mass is 10.0. The first-order valence-electron chi connectivity index (χ1n) is 6.53. The van der Waals surface area contributed by atoms with E-state index in [0.29, 0.717) is 12.2 Å². The van der Waals surface area contributed by atoms with Gasteiger partial charge in [-0.15, -0.1) is 0 Å². The number of benzene rings is 1. The van der Waals surface area contributed by atoms with Crippen molar-refractivity contribution in [3.8, 4) is 11.5 Å². The lowest BCUT2D eigenvalue weighted by Crippen LogP contribution is -2.15. The van der Waals surface area contributed by atoms with Crippen LogP contribution in [0.4, 0.5) is 0 Å². The van der Waals surface area contributed by atoms with Crippen molar-refractivity contribution in [2.24, 2.45) is 5.73 Å². The highest BCUT2D eigenvalue weighted by Crippen LogP contribution is 2.28. The molecule has 106 valence electrons. The molecule has 0 radical (unpaired) electrons. The summed E-state index contributed by atoms with van der Waals surface area (Å²) in [7, 11) is 3.25. The Kier molecular flexibility index (Phi) is 4.58. The second kappa shape index (κ2) is 6.39. The van der Waals surface area contributed by atoms with E-state index < -0.39 is 0 Å². The molecule has 2 rings (SSSR count). The van der Waals surface area contributed by atoms with Crippen LogP contribution in [-0.4, -0.2) is 19.2 Å². The largest absolute Gasteiger partial charge is 0.493 e. The van der Waals surface area contributed by atoms with Gasteiger partial charge in [-0.05, 0) is 42.7 Å². The maximum Gasteiger partial charge on any atom is 0.160 e. The molecule has 0 fully saturated rings. The molecule has 0 saturated carbocycles. The molecule has 0 unspecified atom stereocenters. The number of pyridine rings is 1. The molecule has 0 aliphatic carbocycles. The van der Waals surface area contributed by atoms with Gasteiger partial charge >= 0.3 is 0 Å². The summed E-state index contributed by atoms with van der Waals surface area (Å²) in [5.74, 6) is 1.44. The zero-order valence-electron chi connectivity index (χ0n) is 12.1. The van der Waals surface area contributed by atoms with E-state index in [1.807, 2.05) is 43.5 Å². The minimum Gasteiger partial charge on any atom is -0.493 e. The number of ether oxygens (including phenoxy) is 2. The van der Waals surface area contributed by atoms with Crippen LogP contribution in [0.3, 0.4) is 0 Å². The Morgan fingerprint density at radius 1 is 1.10 bits per heavy atom. The lowest BCUT2D eigenvalue weighted by molar-refractivity contribution is 0.354. The maximum absolute atomic E-state index is 6.20. The molecule has 0 aliphatic rings. The van der Waals surface area contributed by atoms with E-state index >= 15 is 0 Å². The minimum atomic E-state index is -0.131. The molecule has 0 spiro atoms. The van der Waals surface area contributed by atoms with Crippen LogP contribution in [0.1, 0.15) is 22.9 Å². The van der Waals surface area contributed by atoms with E-state index in [0.717, 1.165) is 22.6 Å². The second-order valence-electron chi connectivity index (χ2n) is 4.76. The molecule has 2 N–H and O–H groups in total. The van der Waals surface area contributed by atoms with Crippen molar-refractivity contribution >= 4 is 0 Å². The van der Waals surface area contributed by atoms with Crippen LogP contribution in [0.15, 0.2) is 36.5 Å². The molecule has 1 aromatic carbocycles. The molecule has 4 nitrogen and oxygen atoms in total. The fourth-order valence-electron chi connectivity index (χ4n) is 2.06. The molecule has 1 atom stereocenters. The van der Waals surface area contributed by atoms with Crippen LogP contribution in [-0.2, 0) is 6.42 Å². The van der Waals surface area contributed by atoms with Crippen LogP contribution >= 0.6 is 0 Å². The third-order valence-electron chi connectivity index (χ3n) is 3.22. The highest BCUT2D eigenvalue weighted by Gasteiger charge is 2.11. The first-order chi connectivity index (χ1) is 9.63. The van der Waals surface area contributed by atoms with Gasteiger partial charge in [0, 0.05) is 6.20 Å². The van der Waals surface area contributed by atoms with Crippen molar-refractivity contribution in [1.29, 1.82) is 0 Å². The molecule has 0 saturated heterocycles. The first-order valence-corrected chi connectivity index (χ1v) is 6.53. The summed E-state index contributed by atoms with van der Waals surface area (Å²) in [5, 5.41) is 0. The molecular formula is C16H20N2O2. The van der Waals surface area contributed by atoms with Gasteiger partial charge in [0.1, 0.15) is 0 Å².